The van der Waals surface area contributed by atoms with Gasteiger partial charge < -0.3 is 24.6 Å². The second kappa shape index (κ2) is 10.8. The molecule has 0 heterocycles. The smallest absolute Gasteiger partial charge is 0.407 e. The number of benzene rings is 2. The zero-order valence-electron chi connectivity index (χ0n) is 17.4. The number of carboxylic acids is 1. The minimum absolute atomic E-state index is 0.0853. The van der Waals surface area contributed by atoms with Gasteiger partial charge in [0.1, 0.15) is 12.6 Å². The summed E-state index contributed by atoms with van der Waals surface area (Å²) < 4.78 is 15.4. The third kappa shape index (κ3) is 6.33. The van der Waals surface area contributed by atoms with E-state index in [9.17, 15) is 24.8 Å². The molecule has 10 heteroatoms. The van der Waals surface area contributed by atoms with Crippen LogP contribution in [0.2, 0.25) is 0 Å². The highest BCUT2D eigenvalue weighted by Gasteiger charge is 2.26. The molecule has 2 atom stereocenters. The van der Waals surface area contributed by atoms with Crippen molar-refractivity contribution < 1.29 is 33.8 Å². The number of nitrogens with one attached hydrogen (secondary N) is 1. The predicted octanol–water partition coefficient (Wildman–Crippen LogP) is 3.14. The van der Waals surface area contributed by atoms with Gasteiger partial charge in [-0.25, -0.2) is 9.59 Å². The zero-order chi connectivity index (χ0) is 23.0. The average molecular weight is 432 g/mol. The molecule has 0 saturated carbocycles. The first-order chi connectivity index (χ1) is 14.8. The molecule has 2 unspecified atom stereocenters. The summed E-state index contributed by atoms with van der Waals surface area (Å²) in [4.78, 5) is 34.5. The van der Waals surface area contributed by atoms with Crippen molar-refractivity contribution in [1.82, 2.24) is 5.32 Å². The molecule has 166 valence electrons. The first-order valence-corrected chi connectivity index (χ1v) is 9.37. The summed E-state index contributed by atoms with van der Waals surface area (Å²) in [5.41, 5.74) is 0.820. The molecule has 2 aromatic rings. The van der Waals surface area contributed by atoms with Gasteiger partial charge in [-0.1, -0.05) is 37.3 Å². The van der Waals surface area contributed by atoms with Gasteiger partial charge in [0.05, 0.1) is 25.2 Å². The summed E-state index contributed by atoms with van der Waals surface area (Å²) >= 11 is 0. The molecule has 0 aliphatic rings. The van der Waals surface area contributed by atoms with Crippen molar-refractivity contribution in [2.24, 2.45) is 0 Å². The van der Waals surface area contributed by atoms with E-state index in [1.807, 2.05) is 0 Å². The molecular formula is C21H24N2O8. The van der Waals surface area contributed by atoms with Crippen molar-refractivity contribution in [3.8, 4) is 11.5 Å². The first-order valence-electron chi connectivity index (χ1n) is 9.37. The molecule has 0 bridgehead atoms. The van der Waals surface area contributed by atoms with E-state index in [0.717, 1.165) is 5.56 Å². The van der Waals surface area contributed by atoms with Crippen LogP contribution in [0.3, 0.4) is 0 Å². The molecule has 0 aliphatic heterocycles. The molecule has 0 fully saturated rings. The maximum Gasteiger partial charge on any atom is 0.407 e. The number of nitro benzene ring substituents is 1. The Balaban J connectivity index is 2.07. The van der Waals surface area contributed by atoms with Crippen molar-refractivity contribution in [2.45, 2.75) is 25.3 Å². The number of hydrogen-bond acceptors (Lipinski definition) is 7. The molecule has 2 aromatic carbocycles. The molecule has 0 spiro atoms. The van der Waals surface area contributed by atoms with E-state index < -0.39 is 28.9 Å². The third-order valence-corrected chi connectivity index (χ3v) is 4.60. The molecule has 0 radical (unpaired) electrons. The number of ether oxygens (including phenoxy) is 3. The van der Waals surface area contributed by atoms with Crippen molar-refractivity contribution in [3.05, 3.63) is 63.7 Å². The molecule has 0 aliphatic carbocycles. The molecular weight excluding hydrogens is 408 g/mol. The van der Waals surface area contributed by atoms with Crippen LogP contribution >= 0.6 is 0 Å². The Morgan fingerprint density at radius 2 is 1.74 bits per heavy atom. The summed E-state index contributed by atoms with van der Waals surface area (Å²) in [5, 5.41) is 23.1. The van der Waals surface area contributed by atoms with Crippen LogP contribution in [0.4, 0.5) is 10.5 Å². The van der Waals surface area contributed by atoms with Crippen molar-refractivity contribution >= 4 is 17.7 Å². The lowest BCUT2D eigenvalue weighted by atomic mass is 9.99. The minimum atomic E-state index is -1.20. The number of rotatable bonds is 10. The molecule has 2 rings (SSSR count). The number of alkyl carbamates (subject to hydrolysis) is 1. The Labute approximate surface area is 178 Å². The van der Waals surface area contributed by atoms with Crippen LogP contribution in [-0.2, 0) is 16.0 Å². The van der Waals surface area contributed by atoms with Gasteiger partial charge in [-0.3, -0.25) is 10.1 Å². The number of nitro groups is 1. The van der Waals surface area contributed by atoms with Crippen LogP contribution in [-0.4, -0.2) is 49.0 Å². The van der Waals surface area contributed by atoms with Crippen LogP contribution in [0.15, 0.2) is 42.5 Å². The SMILES string of the molecule is COc1cc(C(C)COC(=O)NC(Cc2ccccc2)C(=O)O)c([N+](=O)[O-])cc1OC. The fourth-order valence-corrected chi connectivity index (χ4v) is 2.96. The Bertz CT molecular complexity index is 932. The number of hydrogen-bond donors (Lipinski definition) is 2. The lowest BCUT2D eigenvalue weighted by molar-refractivity contribution is -0.385. The van der Waals surface area contributed by atoms with Crippen molar-refractivity contribution in [1.29, 1.82) is 0 Å². The van der Waals surface area contributed by atoms with Crippen LogP contribution in [0.1, 0.15) is 24.0 Å². The largest absolute Gasteiger partial charge is 0.493 e. The number of carbonyl (C=O) groups excluding carboxylic acids is 1. The summed E-state index contributed by atoms with van der Waals surface area (Å²) in [5.74, 6) is -1.27. The summed E-state index contributed by atoms with van der Waals surface area (Å²) in [6.07, 6.45) is -0.847. The van der Waals surface area contributed by atoms with Crippen molar-refractivity contribution in [3.63, 3.8) is 0 Å². The molecule has 0 saturated heterocycles. The van der Waals surface area contributed by atoms with Crippen LogP contribution in [0.5, 0.6) is 11.5 Å². The van der Waals surface area contributed by atoms with Gasteiger partial charge in [0, 0.05) is 17.9 Å². The topological polar surface area (TPSA) is 137 Å². The van der Waals surface area contributed by atoms with E-state index in [4.69, 9.17) is 14.2 Å². The Hall–Kier alpha value is -3.82. The highest BCUT2D eigenvalue weighted by atomic mass is 16.6. The second-order valence-electron chi connectivity index (χ2n) is 6.75. The van der Waals surface area contributed by atoms with Gasteiger partial charge in [0.2, 0.25) is 0 Å². The Morgan fingerprint density at radius 1 is 1.13 bits per heavy atom. The molecule has 1 amide bonds. The summed E-state index contributed by atoms with van der Waals surface area (Å²) in [7, 11) is 2.77. The fraction of sp³-hybridized carbons (Fsp3) is 0.333. The first kappa shape index (κ1) is 23.5. The summed E-state index contributed by atoms with van der Waals surface area (Å²) in [6.45, 7) is 1.43. The van der Waals surface area contributed by atoms with Gasteiger partial charge in [-0.15, -0.1) is 0 Å². The van der Waals surface area contributed by atoms with E-state index in [-0.39, 0.29) is 30.0 Å². The number of nitrogens with zero attached hydrogens (tertiary/aromatic N) is 1. The van der Waals surface area contributed by atoms with E-state index in [0.29, 0.717) is 5.75 Å². The van der Waals surface area contributed by atoms with Crippen LogP contribution in [0.25, 0.3) is 0 Å². The number of aliphatic carboxylic acids is 1. The maximum atomic E-state index is 12.2. The van der Waals surface area contributed by atoms with E-state index >= 15 is 0 Å². The van der Waals surface area contributed by atoms with Gasteiger partial charge in [0.25, 0.3) is 5.69 Å². The van der Waals surface area contributed by atoms with Gasteiger partial charge >= 0.3 is 12.1 Å². The van der Waals surface area contributed by atoms with E-state index in [1.54, 1.807) is 37.3 Å². The number of amides is 1. The number of carbonyl (C=O) groups is 2. The van der Waals surface area contributed by atoms with E-state index in [1.165, 1.54) is 26.4 Å². The third-order valence-electron chi connectivity index (χ3n) is 4.60. The van der Waals surface area contributed by atoms with Gasteiger partial charge in [-0.2, -0.15) is 0 Å². The maximum absolute atomic E-state index is 12.2. The normalized spacial score (nSPS) is 12.4. The molecule has 2 N–H and O–H groups in total. The second-order valence-corrected chi connectivity index (χ2v) is 6.75. The van der Waals surface area contributed by atoms with Crippen molar-refractivity contribution in [2.75, 3.05) is 20.8 Å². The molecule has 10 nitrogen and oxygen atoms in total. The fourth-order valence-electron chi connectivity index (χ4n) is 2.96. The monoisotopic (exact) mass is 432 g/mol. The number of carboxylic acid groups (broad SMARTS) is 1. The predicted molar refractivity (Wildman–Crippen MR) is 111 cm³/mol. The quantitative estimate of drug-likeness (QED) is 0.431. The lowest BCUT2D eigenvalue weighted by Crippen LogP contribution is -2.42. The highest BCUT2D eigenvalue weighted by molar-refractivity contribution is 5.80. The number of methoxy groups -OCH3 is 2. The average Bonchev–Trinajstić information content (AvgIpc) is 2.76. The van der Waals surface area contributed by atoms with Crippen LogP contribution in [0, 0.1) is 10.1 Å². The highest BCUT2D eigenvalue weighted by Crippen LogP contribution is 2.37. The molecule has 31 heavy (non-hydrogen) atoms. The van der Waals surface area contributed by atoms with Crippen LogP contribution < -0.4 is 14.8 Å². The lowest BCUT2D eigenvalue weighted by Gasteiger charge is -2.18. The van der Waals surface area contributed by atoms with Gasteiger partial charge in [0.15, 0.2) is 11.5 Å². The Kier molecular flexibility index (Phi) is 8.18. The van der Waals surface area contributed by atoms with E-state index in [2.05, 4.69) is 5.32 Å². The molecule has 0 aromatic heterocycles. The Morgan fingerprint density at radius 3 is 2.29 bits per heavy atom. The minimum Gasteiger partial charge on any atom is -0.493 e. The standard InChI is InChI=1S/C21H24N2O8/c1-13(15-10-18(29-2)19(30-3)11-17(15)23(27)28)12-31-21(26)22-16(20(24)25)9-14-7-5-4-6-8-14/h4-8,10-11,13,16H,9,12H2,1-3H3,(H,22,26)(H,24,25). The van der Waals surface area contributed by atoms with Gasteiger partial charge in [-0.05, 0) is 11.6 Å². The zero-order valence-corrected chi connectivity index (χ0v) is 17.4. The summed E-state index contributed by atoms with van der Waals surface area (Å²) in [6, 6.07) is 10.4.